The molecule has 1 aromatic rings. The first-order valence-electron chi connectivity index (χ1n) is 8.42. The number of hydrogen-bond acceptors (Lipinski definition) is 3. The fourth-order valence-corrected chi connectivity index (χ4v) is 4.36. The lowest BCUT2D eigenvalue weighted by molar-refractivity contribution is 0.0761. The summed E-state index contributed by atoms with van der Waals surface area (Å²) in [4.78, 5) is 14.7. The highest BCUT2D eigenvalue weighted by atomic mass is 79.9. The lowest BCUT2D eigenvalue weighted by atomic mass is 10.2. The van der Waals surface area contributed by atoms with Crippen LogP contribution in [0.1, 0.15) is 50.9 Å². The summed E-state index contributed by atoms with van der Waals surface area (Å²) >= 11 is 3.38. The Morgan fingerprint density at radius 1 is 1.08 bits per heavy atom. The van der Waals surface area contributed by atoms with Crippen molar-refractivity contribution >= 4 is 31.9 Å². The molecular weight excluding hydrogens is 392 g/mol. The number of benzene rings is 1. The molecule has 0 aromatic heterocycles. The molecule has 0 fully saturated rings. The smallest absolute Gasteiger partial charge is 0.255 e. The average Bonchev–Trinajstić information content (AvgIpc) is 2.56. The number of carbonyl (C=O) groups excluding carboxylic acids is 1. The second-order valence-electron chi connectivity index (χ2n) is 5.47. The second kappa shape index (κ2) is 9.53. The molecule has 0 unspecified atom stereocenters. The first kappa shape index (κ1) is 21.1. The number of nitrogens with zero attached hydrogens (tertiary/aromatic N) is 2. The SMILES string of the molecule is CCCCN(CC)C(=O)c1cc(S(=O)(=O)N(CC)CC)ccc1Br. The van der Waals surface area contributed by atoms with E-state index in [4.69, 9.17) is 0 Å². The molecule has 0 atom stereocenters. The van der Waals surface area contributed by atoms with E-state index < -0.39 is 10.0 Å². The molecule has 0 aliphatic carbocycles. The van der Waals surface area contributed by atoms with E-state index in [1.807, 2.05) is 6.92 Å². The summed E-state index contributed by atoms with van der Waals surface area (Å²) in [7, 11) is -3.58. The van der Waals surface area contributed by atoms with Crippen molar-refractivity contribution in [3.63, 3.8) is 0 Å². The van der Waals surface area contributed by atoms with Crippen LogP contribution in [0.4, 0.5) is 0 Å². The Bertz CT molecular complexity index is 658. The highest BCUT2D eigenvalue weighted by Crippen LogP contribution is 2.24. The summed E-state index contributed by atoms with van der Waals surface area (Å²) in [5, 5.41) is 0. The van der Waals surface area contributed by atoms with Crippen LogP contribution in [-0.4, -0.2) is 49.7 Å². The van der Waals surface area contributed by atoms with Gasteiger partial charge in [0.1, 0.15) is 0 Å². The van der Waals surface area contributed by atoms with Crippen molar-refractivity contribution in [2.45, 2.75) is 45.4 Å². The van der Waals surface area contributed by atoms with E-state index in [1.165, 1.54) is 16.4 Å². The third-order valence-electron chi connectivity index (χ3n) is 3.96. The molecular formula is C17H27BrN2O3S. The third kappa shape index (κ3) is 4.80. The van der Waals surface area contributed by atoms with Gasteiger partial charge in [0.05, 0.1) is 10.5 Å². The van der Waals surface area contributed by atoms with Gasteiger partial charge in [-0.15, -0.1) is 0 Å². The predicted molar refractivity (Wildman–Crippen MR) is 101 cm³/mol. The van der Waals surface area contributed by atoms with Gasteiger partial charge in [-0.1, -0.05) is 27.2 Å². The first-order valence-corrected chi connectivity index (χ1v) is 10.7. The number of halogens is 1. The van der Waals surface area contributed by atoms with Crippen LogP contribution in [0.5, 0.6) is 0 Å². The number of unbranched alkanes of at least 4 members (excludes halogenated alkanes) is 1. The second-order valence-corrected chi connectivity index (χ2v) is 8.26. The lowest BCUT2D eigenvalue weighted by Crippen LogP contribution is -2.33. The highest BCUT2D eigenvalue weighted by molar-refractivity contribution is 9.10. The Kier molecular flexibility index (Phi) is 8.39. The van der Waals surface area contributed by atoms with Crippen LogP contribution >= 0.6 is 15.9 Å². The Morgan fingerprint density at radius 2 is 1.71 bits per heavy atom. The Morgan fingerprint density at radius 3 is 2.21 bits per heavy atom. The molecule has 1 rings (SSSR count). The Labute approximate surface area is 154 Å². The van der Waals surface area contributed by atoms with E-state index in [0.29, 0.717) is 36.2 Å². The minimum atomic E-state index is -3.58. The van der Waals surface area contributed by atoms with Gasteiger partial charge in [0.15, 0.2) is 0 Å². The number of sulfonamides is 1. The molecule has 0 saturated carbocycles. The lowest BCUT2D eigenvalue weighted by Gasteiger charge is -2.22. The summed E-state index contributed by atoms with van der Waals surface area (Å²) in [6.45, 7) is 9.67. The highest BCUT2D eigenvalue weighted by Gasteiger charge is 2.25. The zero-order chi connectivity index (χ0) is 18.3. The maximum atomic E-state index is 12.8. The van der Waals surface area contributed by atoms with Gasteiger partial charge >= 0.3 is 0 Å². The quantitative estimate of drug-likeness (QED) is 0.613. The molecule has 0 radical (unpaired) electrons. The molecule has 136 valence electrons. The van der Waals surface area contributed by atoms with E-state index in [9.17, 15) is 13.2 Å². The van der Waals surface area contributed by atoms with E-state index in [2.05, 4.69) is 22.9 Å². The predicted octanol–water partition coefficient (Wildman–Crippen LogP) is 3.74. The molecule has 1 aromatic carbocycles. The fourth-order valence-electron chi connectivity index (χ4n) is 2.46. The van der Waals surface area contributed by atoms with Crippen LogP contribution in [0.2, 0.25) is 0 Å². The number of amides is 1. The van der Waals surface area contributed by atoms with Crippen LogP contribution in [0.15, 0.2) is 27.6 Å². The summed E-state index contributed by atoms with van der Waals surface area (Å²) in [5.74, 6) is -0.144. The maximum Gasteiger partial charge on any atom is 0.255 e. The van der Waals surface area contributed by atoms with Gasteiger partial charge in [-0.2, -0.15) is 4.31 Å². The largest absolute Gasteiger partial charge is 0.339 e. The van der Waals surface area contributed by atoms with Gasteiger partial charge in [0, 0.05) is 30.7 Å². The van der Waals surface area contributed by atoms with Crippen molar-refractivity contribution in [3.05, 3.63) is 28.2 Å². The summed E-state index contributed by atoms with van der Waals surface area (Å²) in [6.07, 6.45) is 1.93. The molecule has 0 aliphatic rings. The summed E-state index contributed by atoms with van der Waals surface area (Å²) < 4.78 is 27.4. The Balaban J connectivity index is 3.25. The van der Waals surface area contributed by atoms with E-state index in [-0.39, 0.29) is 10.8 Å². The monoisotopic (exact) mass is 418 g/mol. The molecule has 0 heterocycles. The number of rotatable bonds is 9. The van der Waals surface area contributed by atoms with Crippen molar-refractivity contribution in [1.29, 1.82) is 0 Å². The zero-order valence-corrected chi connectivity index (χ0v) is 17.3. The number of carbonyl (C=O) groups is 1. The average molecular weight is 419 g/mol. The van der Waals surface area contributed by atoms with Crippen molar-refractivity contribution in [2.24, 2.45) is 0 Å². The van der Waals surface area contributed by atoms with Crippen molar-refractivity contribution in [1.82, 2.24) is 9.21 Å². The minimum Gasteiger partial charge on any atom is -0.339 e. The molecule has 7 heteroatoms. The molecule has 0 bridgehead atoms. The van der Waals surface area contributed by atoms with Gasteiger partial charge in [-0.3, -0.25) is 4.79 Å². The Hall–Kier alpha value is -0.920. The van der Waals surface area contributed by atoms with Crippen molar-refractivity contribution in [2.75, 3.05) is 26.2 Å². The molecule has 24 heavy (non-hydrogen) atoms. The van der Waals surface area contributed by atoms with Gasteiger partial charge in [0.25, 0.3) is 5.91 Å². The normalized spacial score (nSPS) is 11.8. The van der Waals surface area contributed by atoms with Gasteiger partial charge in [-0.25, -0.2) is 8.42 Å². The molecule has 5 nitrogen and oxygen atoms in total. The van der Waals surface area contributed by atoms with Crippen LogP contribution in [0, 0.1) is 0 Å². The summed E-state index contributed by atoms with van der Waals surface area (Å²) in [5.41, 5.74) is 0.390. The molecule has 0 saturated heterocycles. The molecule has 0 N–H and O–H groups in total. The van der Waals surface area contributed by atoms with Crippen molar-refractivity contribution < 1.29 is 13.2 Å². The molecule has 1 amide bonds. The van der Waals surface area contributed by atoms with Gasteiger partial charge in [-0.05, 0) is 47.5 Å². The third-order valence-corrected chi connectivity index (χ3v) is 6.70. The van der Waals surface area contributed by atoms with E-state index in [1.54, 1.807) is 24.8 Å². The van der Waals surface area contributed by atoms with Crippen LogP contribution in [0.25, 0.3) is 0 Å². The van der Waals surface area contributed by atoms with Gasteiger partial charge in [0.2, 0.25) is 10.0 Å². The van der Waals surface area contributed by atoms with Crippen LogP contribution in [-0.2, 0) is 10.0 Å². The first-order chi connectivity index (χ1) is 11.3. The number of hydrogen-bond donors (Lipinski definition) is 0. The van der Waals surface area contributed by atoms with Gasteiger partial charge < -0.3 is 4.90 Å². The summed E-state index contributed by atoms with van der Waals surface area (Å²) in [6, 6.07) is 4.66. The fraction of sp³-hybridized carbons (Fsp3) is 0.588. The van der Waals surface area contributed by atoms with E-state index in [0.717, 1.165) is 12.8 Å². The standard InChI is InChI=1S/C17H27BrN2O3S/c1-5-9-12-19(6-2)17(21)15-13-14(10-11-16(15)18)24(22,23)20(7-3)8-4/h10-11,13H,5-9,12H2,1-4H3. The van der Waals surface area contributed by atoms with Crippen LogP contribution in [0.3, 0.4) is 0 Å². The minimum absolute atomic E-state index is 0.144. The topological polar surface area (TPSA) is 57.7 Å². The van der Waals surface area contributed by atoms with Crippen molar-refractivity contribution in [3.8, 4) is 0 Å². The molecule has 0 spiro atoms. The zero-order valence-electron chi connectivity index (χ0n) is 14.9. The maximum absolute atomic E-state index is 12.8. The van der Waals surface area contributed by atoms with Crippen LogP contribution < -0.4 is 0 Å². The van der Waals surface area contributed by atoms with E-state index >= 15 is 0 Å². The molecule has 0 aliphatic heterocycles.